The van der Waals surface area contributed by atoms with Crippen LogP contribution in [0.5, 0.6) is 0 Å². The van der Waals surface area contributed by atoms with Gasteiger partial charge in [-0.25, -0.2) is 9.78 Å². The van der Waals surface area contributed by atoms with Gasteiger partial charge in [0.2, 0.25) is 0 Å². The van der Waals surface area contributed by atoms with Crippen LogP contribution >= 0.6 is 0 Å². The van der Waals surface area contributed by atoms with Gasteiger partial charge in [-0.3, -0.25) is 14.9 Å². The van der Waals surface area contributed by atoms with Gasteiger partial charge >= 0.3 is 12.1 Å². The molecule has 0 saturated heterocycles. The van der Waals surface area contributed by atoms with Gasteiger partial charge in [-0.05, 0) is 55.2 Å². The Labute approximate surface area is 203 Å². The number of aliphatic carboxylic acids is 1. The van der Waals surface area contributed by atoms with E-state index in [4.69, 9.17) is 4.74 Å². The summed E-state index contributed by atoms with van der Waals surface area (Å²) in [5.74, 6) is -1.61. The van der Waals surface area contributed by atoms with Gasteiger partial charge in [0.15, 0.2) is 0 Å². The molecule has 0 bridgehead atoms. The highest BCUT2D eigenvalue weighted by Crippen LogP contribution is 2.44. The Morgan fingerprint density at radius 2 is 1.54 bits per heavy atom. The highest BCUT2D eigenvalue weighted by molar-refractivity contribution is 5.95. The van der Waals surface area contributed by atoms with E-state index in [9.17, 15) is 19.5 Å². The fraction of sp³-hybridized carbons (Fsp3) is 0.259. The number of amides is 2. The SMILES string of the molecule is CC(C)(C)N(CC(=O)O)C(=O)c1cccc(NC(=O)OCC2c3ccccc3-c3ccccc32)n1. The number of carboxylic acids is 1. The van der Waals surface area contributed by atoms with Crippen molar-refractivity contribution in [1.29, 1.82) is 0 Å². The third-order valence-corrected chi connectivity index (χ3v) is 5.89. The highest BCUT2D eigenvalue weighted by atomic mass is 16.5. The number of carboxylic acid groups (broad SMARTS) is 1. The number of carbonyl (C=O) groups excluding carboxylic acids is 2. The lowest BCUT2D eigenvalue weighted by Crippen LogP contribution is -2.48. The topological polar surface area (TPSA) is 109 Å². The molecule has 2 amide bonds. The first-order valence-electron chi connectivity index (χ1n) is 11.3. The van der Waals surface area contributed by atoms with Gasteiger partial charge in [-0.1, -0.05) is 54.6 Å². The number of nitrogens with one attached hydrogen (secondary N) is 1. The van der Waals surface area contributed by atoms with E-state index in [2.05, 4.69) is 22.4 Å². The number of pyridine rings is 1. The molecule has 0 fully saturated rings. The summed E-state index contributed by atoms with van der Waals surface area (Å²) >= 11 is 0. The molecule has 8 heteroatoms. The van der Waals surface area contributed by atoms with Crippen molar-refractivity contribution in [3.8, 4) is 11.1 Å². The van der Waals surface area contributed by atoms with E-state index in [-0.39, 0.29) is 24.0 Å². The van der Waals surface area contributed by atoms with Gasteiger partial charge in [-0.15, -0.1) is 0 Å². The van der Waals surface area contributed by atoms with Crippen molar-refractivity contribution in [2.24, 2.45) is 0 Å². The molecule has 1 aromatic heterocycles. The summed E-state index contributed by atoms with van der Waals surface area (Å²) in [6, 6.07) is 20.7. The maximum atomic E-state index is 13.0. The molecular formula is C27H27N3O5. The summed E-state index contributed by atoms with van der Waals surface area (Å²) in [5, 5.41) is 11.8. The Morgan fingerprint density at radius 1 is 0.943 bits per heavy atom. The van der Waals surface area contributed by atoms with E-state index in [1.54, 1.807) is 26.8 Å². The third kappa shape index (κ3) is 5.16. The van der Waals surface area contributed by atoms with Crippen molar-refractivity contribution in [3.05, 3.63) is 83.6 Å². The van der Waals surface area contributed by atoms with E-state index in [1.165, 1.54) is 17.0 Å². The summed E-state index contributed by atoms with van der Waals surface area (Å²) in [6.45, 7) is 4.91. The summed E-state index contributed by atoms with van der Waals surface area (Å²) < 4.78 is 5.54. The lowest BCUT2D eigenvalue weighted by atomic mass is 9.98. The van der Waals surface area contributed by atoms with Gasteiger partial charge in [0.1, 0.15) is 24.7 Å². The molecule has 2 N–H and O–H groups in total. The third-order valence-electron chi connectivity index (χ3n) is 5.89. The van der Waals surface area contributed by atoms with Crippen molar-refractivity contribution in [2.75, 3.05) is 18.5 Å². The van der Waals surface area contributed by atoms with Gasteiger partial charge in [0.25, 0.3) is 5.91 Å². The minimum atomic E-state index is -1.12. The second kappa shape index (κ2) is 9.58. The second-order valence-electron chi connectivity index (χ2n) is 9.31. The summed E-state index contributed by atoms with van der Waals surface area (Å²) in [6.07, 6.45) is -0.692. The molecule has 4 rings (SSSR count). The van der Waals surface area contributed by atoms with Crippen LogP contribution in [0.2, 0.25) is 0 Å². The molecule has 0 saturated carbocycles. The molecule has 0 unspecified atom stereocenters. The van der Waals surface area contributed by atoms with Crippen LogP contribution in [0.15, 0.2) is 66.7 Å². The fourth-order valence-corrected chi connectivity index (χ4v) is 4.25. The minimum Gasteiger partial charge on any atom is -0.480 e. The smallest absolute Gasteiger partial charge is 0.412 e. The number of aromatic nitrogens is 1. The summed E-state index contributed by atoms with van der Waals surface area (Å²) in [4.78, 5) is 42.2. The van der Waals surface area contributed by atoms with Crippen LogP contribution in [-0.2, 0) is 9.53 Å². The Morgan fingerprint density at radius 3 is 2.11 bits per heavy atom. The normalized spacial score (nSPS) is 12.4. The number of ether oxygens (including phenoxy) is 1. The molecule has 180 valence electrons. The van der Waals surface area contributed by atoms with E-state index in [0.29, 0.717) is 0 Å². The molecule has 0 atom stereocenters. The van der Waals surface area contributed by atoms with Crippen molar-refractivity contribution in [3.63, 3.8) is 0 Å². The Bertz CT molecular complexity index is 1240. The zero-order chi connectivity index (χ0) is 25.2. The molecule has 0 aliphatic heterocycles. The molecule has 1 heterocycles. The van der Waals surface area contributed by atoms with Crippen molar-refractivity contribution < 1.29 is 24.2 Å². The van der Waals surface area contributed by atoms with Gasteiger partial charge < -0.3 is 14.7 Å². The van der Waals surface area contributed by atoms with Crippen LogP contribution in [0, 0.1) is 0 Å². The van der Waals surface area contributed by atoms with Crippen LogP contribution < -0.4 is 5.32 Å². The predicted octanol–water partition coefficient (Wildman–Crippen LogP) is 4.77. The van der Waals surface area contributed by atoms with E-state index < -0.39 is 30.1 Å². The molecule has 2 aromatic carbocycles. The molecule has 0 spiro atoms. The fourth-order valence-electron chi connectivity index (χ4n) is 4.25. The summed E-state index contributed by atoms with van der Waals surface area (Å²) in [7, 11) is 0. The summed E-state index contributed by atoms with van der Waals surface area (Å²) in [5.41, 5.74) is 3.77. The van der Waals surface area contributed by atoms with Crippen LogP contribution in [0.4, 0.5) is 10.6 Å². The number of rotatable bonds is 6. The average Bonchev–Trinajstić information content (AvgIpc) is 3.14. The van der Waals surface area contributed by atoms with Crippen LogP contribution in [0.1, 0.15) is 48.3 Å². The van der Waals surface area contributed by atoms with Crippen molar-refractivity contribution >= 4 is 23.8 Å². The highest BCUT2D eigenvalue weighted by Gasteiger charge is 2.31. The maximum Gasteiger partial charge on any atom is 0.412 e. The monoisotopic (exact) mass is 473 g/mol. The van der Waals surface area contributed by atoms with E-state index >= 15 is 0 Å². The zero-order valence-electron chi connectivity index (χ0n) is 19.8. The molecular weight excluding hydrogens is 446 g/mol. The molecule has 35 heavy (non-hydrogen) atoms. The van der Waals surface area contributed by atoms with Gasteiger partial charge in [-0.2, -0.15) is 0 Å². The quantitative estimate of drug-likeness (QED) is 0.534. The molecule has 8 nitrogen and oxygen atoms in total. The van der Waals surface area contributed by atoms with Crippen LogP contribution in [-0.4, -0.2) is 51.7 Å². The number of anilines is 1. The Hall–Kier alpha value is -4.20. The largest absolute Gasteiger partial charge is 0.480 e. The molecule has 1 aliphatic carbocycles. The van der Waals surface area contributed by atoms with Crippen molar-refractivity contribution in [1.82, 2.24) is 9.88 Å². The van der Waals surface area contributed by atoms with E-state index in [0.717, 1.165) is 22.3 Å². The first kappa shape index (κ1) is 23.9. The zero-order valence-corrected chi connectivity index (χ0v) is 19.8. The molecule has 1 aliphatic rings. The number of nitrogens with zero attached hydrogens (tertiary/aromatic N) is 2. The lowest BCUT2D eigenvalue weighted by Gasteiger charge is -2.34. The second-order valence-corrected chi connectivity index (χ2v) is 9.31. The number of fused-ring (bicyclic) bond motifs is 3. The number of benzene rings is 2. The molecule has 0 radical (unpaired) electrons. The van der Waals surface area contributed by atoms with Crippen LogP contribution in [0.3, 0.4) is 0 Å². The number of carbonyl (C=O) groups is 3. The van der Waals surface area contributed by atoms with Crippen molar-refractivity contribution in [2.45, 2.75) is 32.2 Å². The number of hydrogen-bond donors (Lipinski definition) is 2. The Balaban J connectivity index is 1.45. The predicted molar refractivity (Wildman–Crippen MR) is 131 cm³/mol. The van der Waals surface area contributed by atoms with E-state index in [1.807, 2.05) is 36.4 Å². The van der Waals surface area contributed by atoms with Crippen LogP contribution in [0.25, 0.3) is 11.1 Å². The standard InChI is InChI=1S/C27H27N3O5/c1-27(2,3)30(15-24(31)32)25(33)22-13-8-14-23(28-22)29-26(34)35-16-21-19-11-6-4-9-17(19)18-10-5-7-12-20(18)21/h4-14,21H,15-16H2,1-3H3,(H,31,32)(H,28,29,34). The molecule has 3 aromatic rings. The lowest BCUT2D eigenvalue weighted by molar-refractivity contribution is -0.138. The minimum absolute atomic E-state index is 0.0256. The first-order valence-corrected chi connectivity index (χ1v) is 11.3. The maximum absolute atomic E-state index is 13.0. The van der Waals surface area contributed by atoms with Gasteiger partial charge in [0, 0.05) is 11.5 Å². The average molecular weight is 474 g/mol. The Kier molecular flexibility index (Phi) is 6.55. The first-order chi connectivity index (χ1) is 16.6. The van der Waals surface area contributed by atoms with Gasteiger partial charge in [0.05, 0.1) is 0 Å². The number of hydrogen-bond acceptors (Lipinski definition) is 5.